The smallest absolute Gasteiger partial charge is 0.320 e. The van der Waals surface area contributed by atoms with Crippen LogP contribution in [0.5, 0.6) is 0 Å². The van der Waals surface area contributed by atoms with Gasteiger partial charge in [-0.3, -0.25) is 14.4 Å². The second-order valence-corrected chi connectivity index (χ2v) is 8.93. The molecule has 10 nitrogen and oxygen atoms in total. The molecule has 0 radical (unpaired) electrons. The highest BCUT2D eigenvalue weighted by molar-refractivity contribution is 7.98. The van der Waals surface area contributed by atoms with Gasteiger partial charge in [-0.15, -0.1) is 0 Å². The minimum Gasteiger partial charge on any atom is -0.480 e. The van der Waals surface area contributed by atoms with Crippen LogP contribution in [0.2, 0.25) is 0 Å². The summed E-state index contributed by atoms with van der Waals surface area (Å²) >= 11 is 3.21. The Balaban J connectivity index is 0.000000498. The number of rotatable bonds is 11. The average molecular weight is 503 g/mol. The van der Waals surface area contributed by atoms with E-state index in [1.165, 1.54) is 0 Å². The molecule has 0 bridgehead atoms. The zero-order valence-corrected chi connectivity index (χ0v) is 20.4. The van der Waals surface area contributed by atoms with Crippen molar-refractivity contribution in [1.82, 2.24) is 4.98 Å². The molecule has 0 fully saturated rings. The lowest BCUT2D eigenvalue weighted by atomic mass is 10.1. The molecule has 10 N–H and O–H groups in total. The van der Waals surface area contributed by atoms with Gasteiger partial charge in [0.1, 0.15) is 18.1 Å². The van der Waals surface area contributed by atoms with Crippen LogP contribution in [0.4, 0.5) is 0 Å². The zero-order chi connectivity index (χ0) is 25.4. The van der Waals surface area contributed by atoms with Crippen molar-refractivity contribution in [2.45, 2.75) is 37.4 Å². The third-order valence-electron chi connectivity index (χ3n) is 4.33. The number of hydrogen-bond acceptors (Lipinski definition) is 8. The van der Waals surface area contributed by atoms with E-state index in [1.54, 1.807) is 23.5 Å². The molecule has 2 aromatic rings. The van der Waals surface area contributed by atoms with Crippen molar-refractivity contribution >= 4 is 52.3 Å². The van der Waals surface area contributed by atoms with Crippen molar-refractivity contribution in [2.24, 2.45) is 17.2 Å². The predicted octanol–water partition coefficient (Wildman–Crippen LogP) is 1.43. The normalized spacial score (nSPS) is 13.0. The number of nitrogens with one attached hydrogen (secondary N) is 1. The number of nitrogens with two attached hydrogens (primary N) is 3. The van der Waals surface area contributed by atoms with Gasteiger partial charge in [0, 0.05) is 23.5 Å². The van der Waals surface area contributed by atoms with Crippen molar-refractivity contribution < 1.29 is 29.7 Å². The number of benzene rings is 1. The van der Waals surface area contributed by atoms with Gasteiger partial charge in [-0.2, -0.15) is 23.5 Å². The Bertz CT molecular complexity index is 840. The summed E-state index contributed by atoms with van der Waals surface area (Å²) in [5, 5.41) is 26.3. The molecule has 0 aliphatic heterocycles. The number of carboxylic acids is 3. The van der Waals surface area contributed by atoms with Crippen LogP contribution in [0.15, 0.2) is 30.5 Å². The molecule has 0 saturated carbocycles. The summed E-state index contributed by atoms with van der Waals surface area (Å²) in [4.78, 5) is 33.9. The summed E-state index contributed by atoms with van der Waals surface area (Å²) in [6, 6.07) is 5.55. The molecule has 0 saturated heterocycles. The summed E-state index contributed by atoms with van der Waals surface area (Å²) in [5.74, 6) is -1.17. The number of aliphatic carboxylic acids is 3. The number of aromatic nitrogens is 1. The Morgan fingerprint density at radius 1 is 0.848 bits per heavy atom. The number of carbonyl (C=O) groups is 3. The average Bonchev–Trinajstić information content (AvgIpc) is 3.19. The van der Waals surface area contributed by atoms with Crippen LogP contribution >= 0.6 is 23.5 Å². The highest BCUT2D eigenvalue weighted by atomic mass is 32.2. The van der Waals surface area contributed by atoms with Gasteiger partial charge in [0.15, 0.2) is 0 Å². The van der Waals surface area contributed by atoms with Crippen molar-refractivity contribution in [1.29, 1.82) is 0 Å². The Morgan fingerprint density at radius 2 is 1.30 bits per heavy atom. The number of aromatic amines is 1. The van der Waals surface area contributed by atoms with Gasteiger partial charge in [-0.1, -0.05) is 18.2 Å². The third-order valence-corrected chi connectivity index (χ3v) is 5.62. The molecule has 0 aliphatic carbocycles. The van der Waals surface area contributed by atoms with Gasteiger partial charge in [-0.05, 0) is 48.5 Å². The van der Waals surface area contributed by atoms with Gasteiger partial charge < -0.3 is 37.5 Å². The lowest BCUT2D eigenvalue weighted by Crippen LogP contribution is -2.32. The topological polar surface area (TPSA) is 206 Å². The van der Waals surface area contributed by atoms with Crippen molar-refractivity contribution in [2.75, 3.05) is 24.0 Å². The standard InChI is InChI=1S/C11H12N2O2.2C5H11NO2S/c12-9(11(14)15)5-7-6-13-10-4-2-1-3-8(7)10;2*1-9-3-2-4(6)5(7)8/h1-4,6,9,13H,5,12H2,(H,14,15);2*4H,2-3,6H2,1H3,(H,7,8). The van der Waals surface area contributed by atoms with E-state index in [0.29, 0.717) is 19.3 Å². The summed E-state index contributed by atoms with van der Waals surface area (Å²) in [6.45, 7) is 0. The lowest BCUT2D eigenvalue weighted by Gasteiger charge is -2.04. The van der Waals surface area contributed by atoms with Crippen LogP contribution in [0, 0.1) is 0 Å². The zero-order valence-electron chi connectivity index (χ0n) is 18.8. The molecule has 186 valence electrons. The van der Waals surface area contributed by atoms with E-state index in [9.17, 15) is 14.4 Å². The van der Waals surface area contributed by atoms with Crippen LogP contribution in [-0.4, -0.2) is 80.4 Å². The van der Waals surface area contributed by atoms with Gasteiger partial charge in [0.05, 0.1) is 0 Å². The fraction of sp³-hybridized carbons (Fsp3) is 0.476. The SMILES string of the molecule is CSCCC(N)C(=O)O.CSCCC(N)C(=O)O.NC(Cc1c[nH]c2ccccc12)C(=O)O. The molecule has 0 spiro atoms. The highest BCUT2D eigenvalue weighted by Gasteiger charge is 2.14. The van der Waals surface area contributed by atoms with E-state index in [4.69, 9.17) is 32.5 Å². The molecule has 1 heterocycles. The van der Waals surface area contributed by atoms with Gasteiger partial charge in [-0.25, -0.2) is 0 Å². The Kier molecular flexibility index (Phi) is 16.1. The Morgan fingerprint density at radius 3 is 1.73 bits per heavy atom. The number of H-pyrrole nitrogens is 1. The first-order valence-electron chi connectivity index (χ1n) is 10.0. The molecule has 0 amide bonds. The van der Waals surface area contributed by atoms with Crippen molar-refractivity contribution in [3.05, 3.63) is 36.0 Å². The van der Waals surface area contributed by atoms with E-state index in [-0.39, 0.29) is 0 Å². The molecule has 33 heavy (non-hydrogen) atoms. The monoisotopic (exact) mass is 502 g/mol. The minimum atomic E-state index is -0.972. The predicted molar refractivity (Wildman–Crippen MR) is 135 cm³/mol. The van der Waals surface area contributed by atoms with E-state index >= 15 is 0 Å². The van der Waals surface area contributed by atoms with Crippen LogP contribution in [0.1, 0.15) is 18.4 Å². The number of fused-ring (bicyclic) bond motifs is 1. The van der Waals surface area contributed by atoms with E-state index < -0.39 is 36.0 Å². The molecule has 1 aromatic carbocycles. The molecule has 3 atom stereocenters. The van der Waals surface area contributed by atoms with Crippen molar-refractivity contribution in [3.63, 3.8) is 0 Å². The number of hydrogen-bond donors (Lipinski definition) is 7. The molecular weight excluding hydrogens is 468 g/mol. The molecule has 1 aromatic heterocycles. The molecule has 12 heteroatoms. The molecule has 2 rings (SSSR count). The minimum absolute atomic E-state index is 0.347. The summed E-state index contributed by atoms with van der Waals surface area (Å²) in [6.07, 6.45) is 7.11. The summed E-state index contributed by atoms with van der Waals surface area (Å²) in [5.41, 5.74) is 17.8. The van der Waals surface area contributed by atoms with Crippen LogP contribution in [0.3, 0.4) is 0 Å². The maximum absolute atomic E-state index is 10.6. The third kappa shape index (κ3) is 13.1. The van der Waals surface area contributed by atoms with Crippen LogP contribution in [-0.2, 0) is 20.8 Å². The highest BCUT2D eigenvalue weighted by Crippen LogP contribution is 2.18. The lowest BCUT2D eigenvalue weighted by molar-refractivity contribution is -0.139. The molecule has 3 unspecified atom stereocenters. The van der Waals surface area contributed by atoms with E-state index in [2.05, 4.69) is 4.98 Å². The Hall–Kier alpha value is -2.25. The number of carboxylic acid groups (broad SMARTS) is 3. The van der Waals surface area contributed by atoms with Gasteiger partial charge in [0.25, 0.3) is 0 Å². The fourth-order valence-corrected chi connectivity index (χ4v) is 3.34. The first-order chi connectivity index (χ1) is 15.5. The van der Waals surface area contributed by atoms with Crippen molar-refractivity contribution in [3.8, 4) is 0 Å². The van der Waals surface area contributed by atoms with Crippen LogP contribution in [0.25, 0.3) is 10.9 Å². The Labute approximate surface area is 201 Å². The van der Waals surface area contributed by atoms with Gasteiger partial charge in [0.2, 0.25) is 0 Å². The maximum atomic E-state index is 10.6. The molecular formula is C21H34N4O6S2. The van der Waals surface area contributed by atoms with E-state index in [1.807, 2.05) is 43.0 Å². The second kappa shape index (κ2) is 17.3. The summed E-state index contributed by atoms with van der Waals surface area (Å²) in [7, 11) is 0. The molecule has 0 aliphatic rings. The summed E-state index contributed by atoms with van der Waals surface area (Å²) < 4.78 is 0. The van der Waals surface area contributed by atoms with Crippen LogP contribution < -0.4 is 17.2 Å². The largest absolute Gasteiger partial charge is 0.480 e. The first kappa shape index (κ1) is 30.8. The van der Waals surface area contributed by atoms with E-state index in [0.717, 1.165) is 28.0 Å². The first-order valence-corrected chi connectivity index (χ1v) is 12.8. The number of para-hydroxylation sites is 1. The number of thioether (sulfide) groups is 2. The maximum Gasteiger partial charge on any atom is 0.320 e. The quantitative estimate of drug-likeness (QED) is 0.234. The fourth-order valence-electron chi connectivity index (χ4n) is 2.36. The second-order valence-electron chi connectivity index (χ2n) is 6.96. The van der Waals surface area contributed by atoms with Gasteiger partial charge >= 0.3 is 17.9 Å².